The van der Waals surface area contributed by atoms with Gasteiger partial charge in [0.1, 0.15) is 5.75 Å². The highest BCUT2D eigenvalue weighted by Crippen LogP contribution is 2.25. The Morgan fingerprint density at radius 3 is 2.21 bits per heavy atom. The van der Waals surface area contributed by atoms with Gasteiger partial charge in [0.25, 0.3) is 0 Å². The second-order valence-corrected chi connectivity index (χ2v) is 3.98. The smallest absolute Gasteiger partial charge is 0.406 e. The van der Waals surface area contributed by atoms with Crippen molar-refractivity contribution < 1.29 is 17.9 Å². The topological polar surface area (TPSA) is 22.1 Å². The number of aryl methyl sites for hydroxylation is 1. The van der Waals surface area contributed by atoms with Gasteiger partial charge in [0.05, 0.1) is 5.69 Å². The molecule has 2 nitrogen and oxygen atoms in total. The Morgan fingerprint density at radius 2 is 1.74 bits per heavy atom. The van der Waals surface area contributed by atoms with E-state index in [4.69, 9.17) is 0 Å². The Hall–Kier alpha value is -2.04. The quantitative estimate of drug-likeness (QED) is 0.831. The van der Waals surface area contributed by atoms with Crippen LogP contribution in [-0.2, 0) is 6.42 Å². The van der Waals surface area contributed by atoms with Gasteiger partial charge in [-0.1, -0.05) is 13.0 Å². The molecule has 2 rings (SSSR count). The number of hydrogen-bond donors (Lipinski definition) is 0. The lowest BCUT2D eigenvalue weighted by molar-refractivity contribution is -0.274. The number of nitrogens with zero attached hydrogens (tertiary/aromatic N) is 1. The number of benzene rings is 1. The van der Waals surface area contributed by atoms with E-state index in [0.717, 1.165) is 23.2 Å². The molecule has 0 atom stereocenters. The summed E-state index contributed by atoms with van der Waals surface area (Å²) in [5, 5.41) is 0. The van der Waals surface area contributed by atoms with Gasteiger partial charge in [-0.15, -0.1) is 13.2 Å². The molecule has 0 fully saturated rings. The first kappa shape index (κ1) is 13.4. The van der Waals surface area contributed by atoms with Crippen molar-refractivity contribution in [2.45, 2.75) is 19.7 Å². The van der Waals surface area contributed by atoms with E-state index < -0.39 is 6.36 Å². The van der Waals surface area contributed by atoms with Gasteiger partial charge in [-0.2, -0.15) is 0 Å². The molecule has 0 bridgehead atoms. The highest BCUT2D eigenvalue weighted by atomic mass is 19.4. The number of hydrogen-bond acceptors (Lipinski definition) is 2. The van der Waals surface area contributed by atoms with Crippen LogP contribution in [0.2, 0.25) is 0 Å². The molecule has 1 aromatic carbocycles. The lowest BCUT2D eigenvalue weighted by Crippen LogP contribution is -2.16. The third kappa shape index (κ3) is 3.71. The molecule has 100 valence electrons. The molecule has 0 unspecified atom stereocenters. The summed E-state index contributed by atoms with van der Waals surface area (Å²) in [6, 6.07) is 9.45. The average molecular weight is 267 g/mol. The van der Waals surface area contributed by atoms with Crippen LogP contribution in [0.5, 0.6) is 5.75 Å². The molecule has 0 aliphatic heterocycles. The van der Waals surface area contributed by atoms with E-state index >= 15 is 0 Å². The number of pyridine rings is 1. The van der Waals surface area contributed by atoms with Crippen LogP contribution in [0.4, 0.5) is 13.2 Å². The maximum atomic E-state index is 12.0. The van der Waals surface area contributed by atoms with E-state index in [9.17, 15) is 13.2 Å². The van der Waals surface area contributed by atoms with Crippen LogP contribution in [0.15, 0.2) is 42.6 Å². The molecule has 0 saturated heterocycles. The molecule has 1 aromatic heterocycles. The zero-order valence-electron chi connectivity index (χ0n) is 10.2. The van der Waals surface area contributed by atoms with E-state index in [0.29, 0.717) is 0 Å². The minimum atomic E-state index is -4.66. The number of ether oxygens (including phenoxy) is 1. The van der Waals surface area contributed by atoms with Crippen LogP contribution < -0.4 is 4.74 Å². The molecule has 0 aliphatic carbocycles. The molecule has 0 N–H and O–H groups in total. The summed E-state index contributed by atoms with van der Waals surface area (Å²) < 4.78 is 39.8. The van der Waals surface area contributed by atoms with Gasteiger partial charge in [0.15, 0.2) is 0 Å². The minimum Gasteiger partial charge on any atom is -0.406 e. The number of alkyl halides is 3. The monoisotopic (exact) mass is 267 g/mol. The predicted octanol–water partition coefficient (Wildman–Crippen LogP) is 4.21. The minimum absolute atomic E-state index is 0.235. The lowest BCUT2D eigenvalue weighted by atomic mass is 10.1. The average Bonchev–Trinajstić information content (AvgIpc) is 2.38. The lowest BCUT2D eigenvalue weighted by Gasteiger charge is -2.09. The van der Waals surface area contributed by atoms with Crippen LogP contribution in [0.25, 0.3) is 11.3 Å². The van der Waals surface area contributed by atoms with Crippen LogP contribution in [0.3, 0.4) is 0 Å². The van der Waals surface area contributed by atoms with Gasteiger partial charge in [-0.3, -0.25) is 4.98 Å². The summed E-state index contributed by atoms with van der Waals surface area (Å²) in [6.45, 7) is 2.03. The van der Waals surface area contributed by atoms with Crippen molar-refractivity contribution in [2.75, 3.05) is 0 Å². The first-order valence-electron chi connectivity index (χ1n) is 5.79. The normalized spacial score (nSPS) is 11.4. The van der Waals surface area contributed by atoms with Crippen LogP contribution in [0.1, 0.15) is 12.5 Å². The summed E-state index contributed by atoms with van der Waals surface area (Å²) in [5.41, 5.74) is 2.58. The van der Waals surface area contributed by atoms with Crippen LogP contribution >= 0.6 is 0 Å². The second kappa shape index (κ2) is 5.30. The number of halogens is 3. The van der Waals surface area contributed by atoms with Crippen molar-refractivity contribution in [1.82, 2.24) is 4.98 Å². The maximum Gasteiger partial charge on any atom is 0.573 e. The maximum absolute atomic E-state index is 12.0. The molecule has 19 heavy (non-hydrogen) atoms. The van der Waals surface area contributed by atoms with Crippen molar-refractivity contribution in [1.29, 1.82) is 0 Å². The fraction of sp³-hybridized carbons (Fsp3) is 0.214. The molecule has 5 heteroatoms. The molecule has 1 heterocycles. The van der Waals surface area contributed by atoms with Crippen LogP contribution in [-0.4, -0.2) is 11.3 Å². The predicted molar refractivity (Wildman–Crippen MR) is 65.7 cm³/mol. The van der Waals surface area contributed by atoms with Crippen molar-refractivity contribution in [2.24, 2.45) is 0 Å². The Labute approximate surface area is 108 Å². The second-order valence-electron chi connectivity index (χ2n) is 3.98. The number of aromatic nitrogens is 1. The fourth-order valence-corrected chi connectivity index (χ4v) is 1.63. The Balaban J connectivity index is 2.17. The summed E-state index contributed by atoms with van der Waals surface area (Å²) in [4.78, 5) is 4.26. The summed E-state index contributed by atoms with van der Waals surface area (Å²) in [5.74, 6) is -0.235. The Bertz CT molecular complexity index is 532. The molecular formula is C14H12F3NO. The van der Waals surface area contributed by atoms with Gasteiger partial charge >= 0.3 is 6.36 Å². The van der Waals surface area contributed by atoms with Gasteiger partial charge < -0.3 is 4.74 Å². The van der Waals surface area contributed by atoms with Gasteiger partial charge in [-0.05, 0) is 42.3 Å². The SMILES string of the molecule is CCc1ccc(-c2ccc(OC(F)(F)F)cc2)nc1. The van der Waals surface area contributed by atoms with E-state index in [1.54, 1.807) is 18.3 Å². The third-order valence-corrected chi connectivity index (χ3v) is 2.62. The van der Waals surface area contributed by atoms with Gasteiger partial charge in [0, 0.05) is 11.8 Å². The first-order chi connectivity index (χ1) is 8.98. The highest BCUT2D eigenvalue weighted by Gasteiger charge is 2.30. The van der Waals surface area contributed by atoms with Gasteiger partial charge in [-0.25, -0.2) is 0 Å². The highest BCUT2D eigenvalue weighted by molar-refractivity contribution is 5.60. The zero-order valence-corrected chi connectivity index (χ0v) is 10.2. The molecule has 0 aliphatic rings. The van der Waals surface area contributed by atoms with E-state index in [1.807, 2.05) is 19.1 Å². The standard InChI is InChI=1S/C14H12F3NO/c1-2-10-3-8-13(18-9-10)11-4-6-12(7-5-11)19-14(15,16)17/h3-9H,2H2,1H3. The Morgan fingerprint density at radius 1 is 1.05 bits per heavy atom. The molecule has 0 amide bonds. The molecule has 0 spiro atoms. The van der Waals surface area contributed by atoms with Crippen molar-refractivity contribution in [3.63, 3.8) is 0 Å². The van der Waals surface area contributed by atoms with E-state index in [1.165, 1.54) is 12.1 Å². The molecular weight excluding hydrogens is 255 g/mol. The Kier molecular flexibility index (Phi) is 3.74. The van der Waals surface area contributed by atoms with E-state index in [-0.39, 0.29) is 5.75 Å². The first-order valence-corrected chi connectivity index (χ1v) is 5.79. The largest absolute Gasteiger partial charge is 0.573 e. The summed E-state index contributed by atoms with van der Waals surface area (Å²) in [6.07, 6.45) is -2.01. The summed E-state index contributed by atoms with van der Waals surface area (Å²) in [7, 11) is 0. The van der Waals surface area contributed by atoms with Crippen molar-refractivity contribution >= 4 is 0 Å². The number of rotatable bonds is 3. The molecule has 0 saturated carbocycles. The van der Waals surface area contributed by atoms with Crippen LogP contribution in [0, 0.1) is 0 Å². The molecule has 0 radical (unpaired) electrons. The van der Waals surface area contributed by atoms with Crippen molar-refractivity contribution in [3.05, 3.63) is 48.2 Å². The van der Waals surface area contributed by atoms with E-state index in [2.05, 4.69) is 9.72 Å². The van der Waals surface area contributed by atoms with Gasteiger partial charge in [0.2, 0.25) is 0 Å². The zero-order chi connectivity index (χ0) is 13.9. The summed E-state index contributed by atoms with van der Waals surface area (Å²) >= 11 is 0. The fourth-order valence-electron chi connectivity index (χ4n) is 1.63. The van der Waals surface area contributed by atoms with Crippen molar-refractivity contribution in [3.8, 4) is 17.0 Å². The molecule has 2 aromatic rings. The third-order valence-electron chi connectivity index (χ3n) is 2.62.